The van der Waals surface area contributed by atoms with Crippen molar-refractivity contribution in [2.24, 2.45) is 4.99 Å². The first-order valence-electron chi connectivity index (χ1n) is 4.02. The molecule has 0 N–H and O–H groups in total. The zero-order valence-corrected chi connectivity index (χ0v) is 7.33. The van der Waals surface area contributed by atoms with Gasteiger partial charge in [0.1, 0.15) is 0 Å². The number of nitrogens with zero attached hydrogens (tertiary/aromatic N) is 1. The lowest BCUT2D eigenvalue weighted by molar-refractivity contribution is 1.15. The van der Waals surface area contributed by atoms with Crippen LogP contribution >= 0.6 is 0 Å². The van der Waals surface area contributed by atoms with E-state index in [1.54, 1.807) is 0 Å². The van der Waals surface area contributed by atoms with E-state index in [1.165, 1.54) is 0 Å². The van der Waals surface area contributed by atoms with Crippen LogP contribution in [0.1, 0.15) is 13.3 Å². The van der Waals surface area contributed by atoms with Crippen LogP contribution in [0.25, 0.3) is 0 Å². The summed E-state index contributed by atoms with van der Waals surface area (Å²) in [6, 6.07) is 0. The number of allylic oxidation sites excluding steroid dienone is 6. The molecule has 1 aliphatic rings. The molecule has 62 valence electrons. The zero-order chi connectivity index (χ0) is 8.81. The molecule has 0 aromatic carbocycles. The summed E-state index contributed by atoms with van der Waals surface area (Å²) in [5.41, 5.74) is 2.26. The lowest BCUT2D eigenvalue weighted by Gasteiger charge is -1.98. The Morgan fingerprint density at radius 3 is 3.08 bits per heavy atom. The lowest BCUT2D eigenvalue weighted by Crippen LogP contribution is -1.82. The van der Waals surface area contributed by atoms with E-state index in [2.05, 4.69) is 17.6 Å². The zero-order valence-electron chi connectivity index (χ0n) is 7.33. The third-order valence-corrected chi connectivity index (χ3v) is 1.65. The minimum atomic E-state index is 0.928. The van der Waals surface area contributed by atoms with E-state index in [1.807, 2.05) is 37.4 Å². The van der Waals surface area contributed by atoms with E-state index < -0.39 is 0 Å². The van der Waals surface area contributed by atoms with Crippen molar-refractivity contribution in [3.8, 4) is 0 Å². The molecule has 0 bridgehead atoms. The maximum atomic E-state index is 4.21. The van der Waals surface area contributed by atoms with Crippen molar-refractivity contribution >= 4 is 6.21 Å². The highest BCUT2D eigenvalue weighted by Gasteiger charge is 1.91. The first-order chi connectivity index (χ1) is 5.83. The average Bonchev–Trinajstić information content (AvgIpc) is 2.16. The normalized spacial score (nSPS) is 20.1. The molecule has 0 saturated carbocycles. The van der Waals surface area contributed by atoms with Crippen molar-refractivity contribution in [3.05, 3.63) is 48.2 Å². The Kier molecular flexibility index (Phi) is 3.27. The summed E-state index contributed by atoms with van der Waals surface area (Å²) in [5.74, 6) is 0. The van der Waals surface area contributed by atoms with Crippen molar-refractivity contribution in [2.45, 2.75) is 13.3 Å². The van der Waals surface area contributed by atoms with Crippen LogP contribution in [0.3, 0.4) is 0 Å². The number of aliphatic imine (C=N–C) groups is 1. The van der Waals surface area contributed by atoms with Gasteiger partial charge >= 0.3 is 0 Å². The summed E-state index contributed by atoms with van der Waals surface area (Å²) in [6.45, 7) is 5.69. The highest BCUT2D eigenvalue weighted by Crippen LogP contribution is 2.08. The number of rotatable bonds is 2. The predicted octanol–water partition coefficient (Wildman–Crippen LogP) is 3.03. The average molecular weight is 159 g/mol. The summed E-state index contributed by atoms with van der Waals surface area (Å²) in [6.07, 6.45) is 12.7. The minimum absolute atomic E-state index is 0.928. The second kappa shape index (κ2) is 4.50. The maximum absolute atomic E-state index is 4.21. The third kappa shape index (κ3) is 2.70. The van der Waals surface area contributed by atoms with Gasteiger partial charge in [-0.2, -0.15) is 0 Å². The van der Waals surface area contributed by atoms with Crippen molar-refractivity contribution in [3.63, 3.8) is 0 Å². The van der Waals surface area contributed by atoms with Crippen LogP contribution in [0.2, 0.25) is 0 Å². The topological polar surface area (TPSA) is 12.4 Å². The molecule has 0 saturated heterocycles. The third-order valence-electron chi connectivity index (χ3n) is 1.65. The molecule has 1 aliphatic heterocycles. The van der Waals surface area contributed by atoms with Crippen molar-refractivity contribution < 1.29 is 0 Å². The van der Waals surface area contributed by atoms with Gasteiger partial charge in [0.2, 0.25) is 0 Å². The highest BCUT2D eigenvalue weighted by molar-refractivity contribution is 5.73. The van der Waals surface area contributed by atoms with Gasteiger partial charge in [-0.05, 0) is 19.1 Å². The van der Waals surface area contributed by atoms with E-state index in [-0.39, 0.29) is 0 Å². The molecule has 12 heavy (non-hydrogen) atoms. The molecule has 0 radical (unpaired) electrons. The molecule has 1 heterocycles. The molecule has 0 aromatic rings. The first kappa shape index (κ1) is 8.72. The van der Waals surface area contributed by atoms with Crippen LogP contribution in [-0.4, -0.2) is 6.21 Å². The molecular formula is C11H13N. The molecule has 1 nitrogen and oxygen atoms in total. The van der Waals surface area contributed by atoms with Gasteiger partial charge in [0.15, 0.2) is 0 Å². The monoisotopic (exact) mass is 159 g/mol. The van der Waals surface area contributed by atoms with Crippen LogP contribution < -0.4 is 0 Å². The Labute approximate surface area is 73.5 Å². The van der Waals surface area contributed by atoms with E-state index in [4.69, 9.17) is 0 Å². The Morgan fingerprint density at radius 1 is 1.67 bits per heavy atom. The van der Waals surface area contributed by atoms with E-state index in [0.717, 1.165) is 17.7 Å². The first-order valence-corrected chi connectivity index (χ1v) is 4.02. The number of hydrogen-bond donors (Lipinski definition) is 0. The van der Waals surface area contributed by atoms with E-state index in [0.29, 0.717) is 0 Å². The predicted molar refractivity (Wildman–Crippen MR) is 54.3 cm³/mol. The summed E-state index contributed by atoms with van der Waals surface area (Å²) in [5, 5.41) is 0. The minimum Gasteiger partial charge on any atom is -0.261 e. The van der Waals surface area contributed by atoms with Crippen LogP contribution in [0.4, 0.5) is 0 Å². The maximum Gasteiger partial charge on any atom is 0.0441 e. The summed E-state index contributed by atoms with van der Waals surface area (Å²) in [4.78, 5) is 4.21. The fourth-order valence-electron chi connectivity index (χ4n) is 0.848. The number of dihydropyridines is 1. The Hall–Kier alpha value is -1.37. The molecule has 0 atom stereocenters. The standard InChI is InChI=1S/C11H13N/c1-3-10(2)7-8-11-6-4-5-9-12-11/h3-5,7-9H,1,6H2,2H3/b10-7+,11-8+. The van der Waals surface area contributed by atoms with Crippen molar-refractivity contribution in [2.75, 3.05) is 0 Å². The Balaban J connectivity index is 2.64. The molecular weight excluding hydrogens is 146 g/mol. The SMILES string of the molecule is C=C/C(C)=C/C=C1\CC=CC=N1. The van der Waals surface area contributed by atoms with Crippen molar-refractivity contribution in [1.29, 1.82) is 0 Å². The van der Waals surface area contributed by atoms with Crippen LogP contribution in [-0.2, 0) is 0 Å². The summed E-state index contributed by atoms with van der Waals surface area (Å²) < 4.78 is 0. The highest BCUT2D eigenvalue weighted by atomic mass is 14.7. The second-order valence-electron chi connectivity index (χ2n) is 2.68. The van der Waals surface area contributed by atoms with Gasteiger partial charge in [0.05, 0.1) is 0 Å². The van der Waals surface area contributed by atoms with E-state index in [9.17, 15) is 0 Å². The molecule has 1 heteroatoms. The molecule has 0 fully saturated rings. The van der Waals surface area contributed by atoms with Gasteiger partial charge < -0.3 is 0 Å². The molecule has 0 unspecified atom stereocenters. The Morgan fingerprint density at radius 2 is 2.50 bits per heavy atom. The van der Waals surface area contributed by atoms with E-state index >= 15 is 0 Å². The van der Waals surface area contributed by atoms with Gasteiger partial charge in [0.25, 0.3) is 0 Å². The molecule has 1 rings (SSSR count). The van der Waals surface area contributed by atoms with Crippen LogP contribution in [0, 0.1) is 0 Å². The molecule has 0 amide bonds. The summed E-state index contributed by atoms with van der Waals surface area (Å²) in [7, 11) is 0. The molecule has 0 aromatic heterocycles. The quantitative estimate of drug-likeness (QED) is 0.549. The van der Waals surface area contributed by atoms with Gasteiger partial charge in [-0.3, -0.25) is 4.99 Å². The van der Waals surface area contributed by atoms with Gasteiger partial charge in [-0.15, -0.1) is 0 Å². The lowest BCUT2D eigenvalue weighted by atomic mass is 10.2. The van der Waals surface area contributed by atoms with Gasteiger partial charge in [0, 0.05) is 18.3 Å². The molecule has 0 spiro atoms. The van der Waals surface area contributed by atoms with Gasteiger partial charge in [-0.25, -0.2) is 0 Å². The Bertz CT molecular complexity index is 277. The van der Waals surface area contributed by atoms with Gasteiger partial charge in [-0.1, -0.05) is 30.4 Å². The van der Waals surface area contributed by atoms with Crippen LogP contribution in [0.15, 0.2) is 53.2 Å². The molecule has 0 aliphatic carbocycles. The van der Waals surface area contributed by atoms with Crippen LogP contribution in [0.5, 0.6) is 0 Å². The fraction of sp³-hybridized carbons (Fsp3) is 0.182. The van der Waals surface area contributed by atoms with Crippen molar-refractivity contribution in [1.82, 2.24) is 0 Å². The summed E-state index contributed by atoms with van der Waals surface area (Å²) >= 11 is 0. The second-order valence-corrected chi connectivity index (χ2v) is 2.68. The largest absolute Gasteiger partial charge is 0.261 e. The smallest absolute Gasteiger partial charge is 0.0441 e. The fourth-order valence-corrected chi connectivity index (χ4v) is 0.848. The number of hydrogen-bond acceptors (Lipinski definition) is 1.